The molecular formula is C74H132N5O10S4+. The zero-order valence-electron chi connectivity index (χ0n) is 59.3. The number of rotatable bonds is 63. The van der Waals surface area contributed by atoms with E-state index in [1.165, 1.54) is 199 Å². The van der Waals surface area contributed by atoms with Crippen molar-refractivity contribution in [2.75, 3.05) is 110 Å². The van der Waals surface area contributed by atoms with Gasteiger partial charge in [0.25, 0.3) is 0 Å². The number of hydrogen-bond donors (Lipinski definition) is 3. The molecule has 2 heterocycles. The van der Waals surface area contributed by atoms with Crippen molar-refractivity contribution in [1.29, 1.82) is 0 Å². The highest BCUT2D eigenvalue weighted by Gasteiger charge is 2.42. The minimum Gasteiger partial charge on any atom is -0.464 e. The van der Waals surface area contributed by atoms with Gasteiger partial charge in [0.15, 0.2) is 6.04 Å². The number of hydrogen-bond acceptors (Lipinski definition) is 14. The molecule has 93 heavy (non-hydrogen) atoms. The summed E-state index contributed by atoms with van der Waals surface area (Å²) in [5.74, 6) is 1.45. The number of anilines is 1. The second kappa shape index (κ2) is 52.6. The summed E-state index contributed by atoms with van der Waals surface area (Å²) in [6.45, 7) is 9.41. The number of amides is 2. The van der Waals surface area contributed by atoms with Gasteiger partial charge >= 0.3 is 18.0 Å². The molecule has 2 amide bonds. The monoisotopic (exact) mass is 1380 g/mol. The number of fused-ring (bicyclic) bond motifs is 2. The number of urea groups is 1. The Morgan fingerprint density at radius 2 is 1.13 bits per heavy atom. The summed E-state index contributed by atoms with van der Waals surface area (Å²) >= 11 is 1.82. The molecular weight excluding hydrogens is 1250 g/mol. The van der Waals surface area contributed by atoms with Crippen LogP contribution in [0.3, 0.4) is 0 Å². The van der Waals surface area contributed by atoms with E-state index in [1.807, 2.05) is 64.5 Å². The van der Waals surface area contributed by atoms with Crippen LogP contribution in [0.4, 0.5) is 10.5 Å². The van der Waals surface area contributed by atoms with Crippen molar-refractivity contribution in [3.63, 3.8) is 0 Å². The van der Waals surface area contributed by atoms with Gasteiger partial charge in [0, 0.05) is 73.6 Å². The molecule has 2 aliphatic rings. The molecule has 2 aliphatic heterocycles. The molecule has 536 valence electrons. The van der Waals surface area contributed by atoms with Gasteiger partial charge in [-0.15, -0.1) is 0 Å². The fourth-order valence-electron chi connectivity index (χ4n) is 12.4. The van der Waals surface area contributed by atoms with Gasteiger partial charge in [0.1, 0.15) is 13.2 Å². The van der Waals surface area contributed by atoms with Gasteiger partial charge in [-0.2, -0.15) is 16.5 Å². The maximum absolute atomic E-state index is 14.1. The summed E-state index contributed by atoms with van der Waals surface area (Å²) in [5.41, 5.74) is 0.846. The SMILES string of the molecule is CCCCCCCCCCCCCCCCCCOCC(CSSCC[N+](C)(C)CCOCCCCOC(=O)[C@H](COC(=O)CCCC[C@@H]1SC[C@@H]2NC(=O)N[C@@H]21)NS(=O)(=O)c1cccc2c(N(C)C)cccc12)OCCCCCCCCCCCCCCCCCC. The molecule has 0 aromatic heterocycles. The number of esters is 2. The molecule has 0 bridgehead atoms. The summed E-state index contributed by atoms with van der Waals surface area (Å²) in [6, 6.07) is 9.10. The number of carbonyl (C=O) groups excluding carboxylic acids is 3. The summed E-state index contributed by atoms with van der Waals surface area (Å²) in [5, 5.41) is 7.46. The second-order valence-electron chi connectivity index (χ2n) is 27.4. The highest BCUT2D eigenvalue weighted by molar-refractivity contribution is 8.76. The zero-order valence-corrected chi connectivity index (χ0v) is 62.6. The first-order chi connectivity index (χ1) is 45.2. The molecule has 5 atom stereocenters. The first-order valence-corrected chi connectivity index (χ1v) is 42.3. The standard InChI is InChI=1S/C74H131N5O10S4/c1-7-9-11-13-15-17-19-21-23-25-27-29-31-33-35-39-54-86-59-63(87-55-40-36-34-32-30-28-26-24-22-20-18-16-14-12-10-8-2)61-92-91-58-52-79(5,6)51-57-85-53-41-42-56-88-73(81)66(60-89-71(80)50-38-37-48-69-72-67(62-90-69)75-74(82)76-72)77-93(83,84)70-49-44-45-64-65(70)46-43-47-68(64)78(3)4/h43-47,49,63,66-67,69,72,77H,7-42,48,50-62H2,1-6H3,(H-,75,76,82)/p+1/t63?,66-,67-,69-,72-/m0/s1. The first kappa shape index (κ1) is 82.9. The van der Waals surface area contributed by atoms with Gasteiger partial charge in [0.2, 0.25) is 10.0 Å². The Hall–Kier alpha value is -2.49. The normalized spacial score (nSPS) is 16.4. The van der Waals surface area contributed by atoms with Crippen LogP contribution in [0, 0.1) is 0 Å². The minimum absolute atomic E-state index is 0.00588. The Morgan fingerprint density at radius 1 is 0.602 bits per heavy atom. The van der Waals surface area contributed by atoms with Crippen LogP contribution in [-0.4, -0.2) is 165 Å². The highest BCUT2D eigenvalue weighted by atomic mass is 33.1. The third kappa shape index (κ3) is 38.5. The molecule has 0 spiro atoms. The van der Waals surface area contributed by atoms with E-state index in [9.17, 15) is 22.8 Å². The Labute approximate surface area is 578 Å². The van der Waals surface area contributed by atoms with E-state index in [0.29, 0.717) is 44.5 Å². The van der Waals surface area contributed by atoms with Crippen molar-refractivity contribution < 1.29 is 51.0 Å². The van der Waals surface area contributed by atoms with Gasteiger partial charge in [-0.3, -0.25) is 9.59 Å². The van der Waals surface area contributed by atoms with Gasteiger partial charge in [-0.05, 0) is 50.7 Å². The summed E-state index contributed by atoms with van der Waals surface area (Å²) < 4.78 is 61.6. The topological polar surface area (TPSA) is 171 Å². The lowest BCUT2D eigenvalue weighted by atomic mass is 10.0. The highest BCUT2D eigenvalue weighted by Crippen LogP contribution is 2.34. The summed E-state index contributed by atoms with van der Waals surface area (Å²) in [6.07, 6.45) is 47.3. The Balaban J connectivity index is 1.11. The smallest absolute Gasteiger partial charge is 0.327 e. The van der Waals surface area contributed by atoms with Crippen LogP contribution in [0.5, 0.6) is 0 Å². The average molecular weight is 1380 g/mol. The number of likely N-dealkylation sites (N-methyl/N-ethyl adjacent to an activating group) is 1. The number of quaternary nitrogens is 1. The fourth-order valence-corrected chi connectivity index (χ4v) is 17.8. The number of thioether (sulfide) groups is 1. The molecule has 2 fully saturated rings. The lowest BCUT2D eigenvalue weighted by molar-refractivity contribution is -0.888. The van der Waals surface area contributed by atoms with Crippen LogP contribution >= 0.6 is 33.3 Å². The molecule has 0 radical (unpaired) electrons. The van der Waals surface area contributed by atoms with Crippen molar-refractivity contribution in [1.82, 2.24) is 15.4 Å². The number of ether oxygens (including phenoxy) is 5. The average Bonchev–Trinajstić information content (AvgIpc) is 1.62. The zero-order chi connectivity index (χ0) is 66.9. The van der Waals surface area contributed by atoms with Crippen LogP contribution in [-0.2, 0) is 43.3 Å². The lowest BCUT2D eigenvalue weighted by Gasteiger charge is -2.29. The van der Waals surface area contributed by atoms with Gasteiger partial charge in [-0.1, -0.05) is 259 Å². The first-order valence-electron chi connectivity index (χ1n) is 37.3. The van der Waals surface area contributed by atoms with Crippen LogP contribution in [0.25, 0.3) is 10.8 Å². The Kier molecular flexibility index (Phi) is 46.9. The van der Waals surface area contributed by atoms with E-state index in [-0.39, 0.29) is 47.4 Å². The van der Waals surface area contributed by atoms with Crippen molar-refractivity contribution in [2.45, 2.75) is 292 Å². The van der Waals surface area contributed by atoms with E-state index in [0.717, 1.165) is 84.8 Å². The molecule has 2 aromatic rings. The van der Waals surface area contributed by atoms with Crippen LogP contribution in [0.2, 0.25) is 0 Å². The summed E-state index contributed by atoms with van der Waals surface area (Å²) in [7, 11) is 7.81. The third-order valence-electron chi connectivity index (χ3n) is 18.4. The van der Waals surface area contributed by atoms with Crippen molar-refractivity contribution >= 4 is 77.8 Å². The predicted octanol–water partition coefficient (Wildman–Crippen LogP) is 17.5. The molecule has 15 nitrogen and oxygen atoms in total. The number of benzene rings is 2. The molecule has 2 aromatic carbocycles. The molecule has 19 heteroatoms. The van der Waals surface area contributed by atoms with Gasteiger partial charge in [0.05, 0.1) is 69.3 Å². The maximum Gasteiger partial charge on any atom is 0.327 e. The molecule has 2 saturated heterocycles. The maximum atomic E-state index is 14.1. The summed E-state index contributed by atoms with van der Waals surface area (Å²) in [4.78, 5) is 40.4. The number of unbranched alkanes of at least 4 members (excludes halogenated alkanes) is 32. The van der Waals surface area contributed by atoms with Gasteiger partial charge in [-0.25, -0.2) is 13.2 Å². The minimum atomic E-state index is -4.29. The number of nitrogens with zero attached hydrogens (tertiary/aromatic N) is 2. The number of nitrogens with one attached hydrogen (secondary N) is 3. The quantitative estimate of drug-likeness (QED) is 0.0188. The van der Waals surface area contributed by atoms with E-state index < -0.39 is 34.6 Å². The van der Waals surface area contributed by atoms with E-state index in [2.05, 4.69) is 43.3 Å². The second-order valence-corrected chi connectivity index (χ2v) is 33.0. The van der Waals surface area contributed by atoms with Gasteiger partial charge < -0.3 is 43.7 Å². The van der Waals surface area contributed by atoms with Crippen LogP contribution < -0.4 is 20.3 Å². The Bertz CT molecular complexity index is 2350. The van der Waals surface area contributed by atoms with E-state index in [4.69, 9.17) is 23.7 Å². The number of carbonyl (C=O) groups is 3. The lowest BCUT2D eigenvalue weighted by Crippen LogP contribution is -2.45. The van der Waals surface area contributed by atoms with E-state index >= 15 is 0 Å². The van der Waals surface area contributed by atoms with Crippen molar-refractivity contribution in [3.8, 4) is 0 Å². The Morgan fingerprint density at radius 3 is 1.72 bits per heavy atom. The molecule has 4 rings (SSSR count). The fraction of sp³-hybridized carbons (Fsp3) is 0.824. The van der Waals surface area contributed by atoms with E-state index in [1.54, 1.807) is 18.2 Å². The van der Waals surface area contributed by atoms with Crippen LogP contribution in [0.15, 0.2) is 41.3 Å². The number of sulfonamides is 1. The third-order valence-corrected chi connectivity index (χ3v) is 23.8. The predicted molar refractivity (Wildman–Crippen MR) is 395 cm³/mol. The molecule has 1 unspecified atom stereocenters. The van der Waals surface area contributed by atoms with Crippen molar-refractivity contribution in [3.05, 3.63) is 36.4 Å². The molecule has 0 aliphatic carbocycles. The molecule has 3 N–H and O–H groups in total. The van der Waals surface area contributed by atoms with Crippen LogP contribution in [0.1, 0.15) is 258 Å². The largest absolute Gasteiger partial charge is 0.464 e. The molecule has 0 saturated carbocycles. The van der Waals surface area contributed by atoms with Crippen molar-refractivity contribution in [2.24, 2.45) is 0 Å².